The summed E-state index contributed by atoms with van der Waals surface area (Å²) in [5.74, 6) is 1.04. The molecule has 0 saturated heterocycles. The number of thioether (sulfide) groups is 1. The number of nitrogens with two attached hydrogens (primary N) is 1. The molecule has 0 aromatic heterocycles. The zero-order valence-corrected chi connectivity index (χ0v) is 10.0. The van der Waals surface area contributed by atoms with Crippen LogP contribution in [0, 0.1) is 13.8 Å². The summed E-state index contributed by atoms with van der Waals surface area (Å²) in [6.45, 7) is 4.32. The molecule has 0 aliphatic rings. The first kappa shape index (κ1) is 11.6. The molecule has 1 aromatic rings. The van der Waals surface area contributed by atoms with Crippen molar-refractivity contribution in [2.45, 2.75) is 26.3 Å². The van der Waals surface area contributed by atoms with E-state index in [1.165, 1.54) is 16.7 Å². The van der Waals surface area contributed by atoms with E-state index in [9.17, 15) is 0 Å². The first-order chi connectivity index (χ1) is 6.65. The summed E-state index contributed by atoms with van der Waals surface area (Å²) in [5.41, 5.74) is 10.2. The third-order valence-corrected chi connectivity index (χ3v) is 3.25. The molecule has 2 N–H and O–H groups in total. The highest BCUT2D eigenvalue weighted by Gasteiger charge is 2.07. The summed E-state index contributed by atoms with van der Waals surface area (Å²) in [4.78, 5) is 0. The molecule has 1 rings (SSSR count). The van der Waals surface area contributed by atoms with Crippen LogP contribution in [0.25, 0.3) is 0 Å². The van der Waals surface area contributed by atoms with Crippen LogP contribution in [0.2, 0.25) is 0 Å². The lowest BCUT2D eigenvalue weighted by molar-refractivity contribution is 0.742. The molecular weight excluding hydrogens is 190 g/mol. The maximum absolute atomic E-state index is 6.03. The minimum Gasteiger partial charge on any atom is -0.327 e. The first-order valence-corrected chi connectivity index (χ1v) is 6.34. The highest BCUT2D eigenvalue weighted by Crippen LogP contribution is 2.15. The Morgan fingerprint density at radius 1 is 1.29 bits per heavy atom. The van der Waals surface area contributed by atoms with Crippen molar-refractivity contribution >= 4 is 11.8 Å². The van der Waals surface area contributed by atoms with E-state index in [0.717, 1.165) is 12.2 Å². The van der Waals surface area contributed by atoms with Crippen molar-refractivity contribution in [3.63, 3.8) is 0 Å². The van der Waals surface area contributed by atoms with Crippen LogP contribution < -0.4 is 5.73 Å². The van der Waals surface area contributed by atoms with E-state index >= 15 is 0 Å². The van der Waals surface area contributed by atoms with Gasteiger partial charge in [0.05, 0.1) is 0 Å². The fourth-order valence-corrected chi connectivity index (χ4v) is 2.25. The van der Waals surface area contributed by atoms with Crippen LogP contribution in [-0.2, 0) is 6.42 Å². The van der Waals surface area contributed by atoms with Gasteiger partial charge in [0.25, 0.3) is 0 Å². The molecule has 2 heteroatoms. The minimum absolute atomic E-state index is 0.282. The molecule has 0 bridgehead atoms. The molecule has 0 fully saturated rings. The fraction of sp³-hybridized carbons (Fsp3) is 0.500. The summed E-state index contributed by atoms with van der Waals surface area (Å²) in [6.07, 6.45) is 3.10. The average molecular weight is 209 g/mol. The van der Waals surface area contributed by atoms with Crippen molar-refractivity contribution in [2.75, 3.05) is 12.0 Å². The Labute approximate surface area is 91.1 Å². The standard InChI is InChI=1S/C12H19NS/c1-9-5-4-6-10(2)12(9)7-11(13)8-14-3/h4-6,11H,7-8,13H2,1-3H3. The number of aryl methyl sites for hydroxylation is 2. The van der Waals surface area contributed by atoms with Crippen molar-refractivity contribution in [1.29, 1.82) is 0 Å². The van der Waals surface area contributed by atoms with Crippen molar-refractivity contribution in [1.82, 2.24) is 0 Å². The van der Waals surface area contributed by atoms with Crippen molar-refractivity contribution in [3.05, 3.63) is 34.9 Å². The lowest BCUT2D eigenvalue weighted by Gasteiger charge is -2.14. The summed E-state index contributed by atoms with van der Waals surface area (Å²) in [5, 5.41) is 0. The topological polar surface area (TPSA) is 26.0 Å². The van der Waals surface area contributed by atoms with Crippen LogP contribution in [0.1, 0.15) is 16.7 Å². The van der Waals surface area contributed by atoms with Gasteiger partial charge >= 0.3 is 0 Å². The first-order valence-electron chi connectivity index (χ1n) is 4.94. The van der Waals surface area contributed by atoms with Crippen molar-refractivity contribution in [3.8, 4) is 0 Å². The van der Waals surface area contributed by atoms with Crippen LogP contribution in [0.4, 0.5) is 0 Å². The minimum atomic E-state index is 0.282. The van der Waals surface area contributed by atoms with Gasteiger partial charge in [-0.1, -0.05) is 18.2 Å². The Balaban J connectivity index is 2.75. The van der Waals surface area contributed by atoms with Crippen LogP contribution >= 0.6 is 11.8 Å². The smallest absolute Gasteiger partial charge is 0.0171 e. The molecule has 0 saturated carbocycles. The van der Waals surface area contributed by atoms with Crippen LogP contribution in [0.5, 0.6) is 0 Å². The number of benzene rings is 1. The maximum atomic E-state index is 6.03. The SMILES string of the molecule is CSCC(N)Cc1c(C)cccc1C. The number of hydrogen-bond donors (Lipinski definition) is 1. The van der Waals surface area contributed by atoms with E-state index < -0.39 is 0 Å². The molecule has 78 valence electrons. The third kappa shape index (κ3) is 3.03. The molecule has 0 radical (unpaired) electrons. The van der Waals surface area contributed by atoms with Gasteiger partial charge in [-0.25, -0.2) is 0 Å². The fourth-order valence-electron chi connectivity index (χ4n) is 1.71. The second-order valence-electron chi connectivity index (χ2n) is 3.79. The Hall–Kier alpha value is -0.470. The van der Waals surface area contributed by atoms with Gasteiger partial charge in [0.15, 0.2) is 0 Å². The van der Waals surface area contributed by atoms with Crippen LogP contribution in [-0.4, -0.2) is 18.1 Å². The molecular formula is C12H19NS. The summed E-state index contributed by atoms with van der Waals surface area (Å²) < 4.78 is 0. The monoisotopic (exact) mass is 209 g/mol. The van der Waals surface area contributed by atoms with E-state index in [2.05, 4.69) is 38.3 Å². The molecule has 0 spiro atoms. The van der Waals surface area contributed by atoms with Crippen molar-refractivity contribution in [2.24, 2.45) is 5.73 Å². The van der Waals surface area contributed by atoms with Crippen molar-refractivity contribution < 1.29 is 0 Å². The number of hydrogen-bond acceptors (Lipinski definition) is 2. The highest BCUT2D eigenvalue weighted by molar-refractivity contribution is 7.98. The van der Waals surface area contributed by atoms with Gasteiger partial charge < -0.3 is 5.73 Å². The average Bonchev–Trinajstić information content (AvgIpc) is 2.12. The molecule has 0 amide bonds. The molecule has 0 aliphatic carbocycles. The Morgan fingerprint density at radius 2 is 1.86 bits per heavy atom. The maximum Gasteiger partial charge on any atom is 0.0171 e. The van der Waals surface area contributed by atoms with Gasteiger partial charge in [-0.2, -0.15) is 11.8 Å². The van der Waals surface area contributed by atoms with Gasteiger partial charge in [-0.15, -0.1) is 0 Å². The van der Waals surface area contributed by atoms with Gasteiger partial charge in [0.1, 0.15) is 0 Å². The Bertz CT molecular complexity index is 276. The molecule has 14 heavy (non-hydrogen) atoms. The lowest BCUT2D eigenvalue weighted by atomic mass is 9.97. The van der Waals surface area contributed by atoms with Gasteiger partial charge in [-0.3, -0.25) is 0 Å². The summed E-state index contributed by atoms with van der Waals surface area (Å²) in [7, 11) is 0. The normalized spacial score (nSPS) is 12.9. The predicted octanol–water partition coefficient (Wildman–Crippen LogP) is 2.54. The summed E-state index contributed by atoms with van der Waals surface area (Å²) >= 11 is 1.82. The third-order valence-electron chi connectivity index (χ3n) is 2.49. The molecule has 1 nitrogen and oxygen atoms in total. The molecule has 0 aliphatic heterocycles. The highest BCUT2D eigenvalue weighted by atomic mass is 32.2. The second-order valence-corrected chi connectivity index (χ2v) is 4.70. The van der Waals surface area contributed by atoms with E-state index in [0.29, 0.717) is 0 Å². The lowest BCUT2D eigenvalue weighted by Crippen LogP contribution is -2.26. The van der Waals surface area contributed by atoms with E-state index in [-0.39, 0.29) is 6.04 Å². The molecule has 0 heterocycles. The largest absolute Gasteiger partial charge is 0.327 e. The van der Waals surface area contributed by atoms with Crippen LogP contribution in [0.3, 0.4) is 0 Å². The van der Waals surface area contributed by atoms with Crippen LogP contribution in [0.15, 0.2) is 18.2 Å². The molecule has 1 aromatic carbocycles. The van der Waals surface area contributed by atoms with E-state index in [1.54, 1.807) is 0 Å². The van der Waals surface area contributed by atoms with Gasteiger partial charge in [-0.05, 0) is 43.2 Å². The second kappa shape index (κ2) is 5.42. The Morgan fingerprint density at radius 3 is 2.36 bits per heavy atom. The predicted molar refractivity (Wildman–Crippen MR) is 66.0 cm³/mol. The molecule has 1 unspecified atom stereocenters. The molecule has 1 atom stereocenters. The van der Waals surface area contributed by atoms with E-state index in [1.807, 2.05) is 11.8 Å². The quantitative estimate of drug-likeness (QED) is 0.824. The van der Waals surface area contributed by atoms with Gasteiger partial charge in [0.2, 0.25) is 0 Å². The van der Waals surface area contributed by atoms with E-state index in [4.69, 9.17) is 5.73 Å². The Kier molecular flexibility index (Phi) is 4.49. The zero-order valence-electron chi connectivity index (χ0n) is 9.21. The summed E-state index contributed by atoms with van der Waals surface area (Å²) in [6, 6.07) is 6.71. The number of rotatable bonds is 4. The van der Waals surface area contributed by atoms with Gasteiger partial charge in [0, 0.05) is 11.8 Å². The zero-order chi connectivity index (χ0) is 10.6.